The zero-order valence-corrected chi connectivity index (χ0v) is 9.99. The molecule has 0 radical (unpaired) electrons. The van der Waals surface area contributed by atoms with Crippen LogP contribution in [0.25, 0.3) is 0 Å². The van der Waals surface area contributed by atoms with Crippen LogP contribution in [0.5, 0.6) is 0 Å². The van der Waals surface area contributed by atoms with Crippen LogP contribution >= 0.6 is 0 Å². The molecule has 2 aromatic rings. The highest BCUT2D eigenvalue weighted by molar-refractivity contribution is 5.97. The summed E-state index contributed by atoms with van der Waals surface area (Å²) >= 11 is 0. The van der Waals surface area contributed by atoms with E-state index in [2.05, 4.69) is 10.3 Å². The Hall–Kier alpha value is -2.70. The Labute approximate surface area is 108 Å². The highest BCUT2D eigenvalue weighted by Gasteiger charge is 2.14. The lowest BCUT2D eigenvalue weighted by atomic mass is 10.1. The highest BCUT2D eigenvalue weighted by Crippen LogP contribution is 2.09. The third-order valence-electron chi connectivity index (χ3n) is 2.57. The van der Waals surface area contributed by atoms with Crippen LogP contribution in [-0.4, -0.2) is 26.9 Å². The van der Waals surface area contributed by atoms with Crippen LogP contribution in [0.1, 0.15) is 32.1 Å². The van der Waals surface area contributed by atoms with Crippen molar-refractivity contribution in [3.05, 3.63) is 46.8 Å². The molecule has 19 heavy (non-hydrogen) atoms. The maximum absolute atomic E-state index is 10.9. The molecule has 0 amide bonds. The number of hydrogen-bond donors (Lipinski definition) is 0. The lowest BCUT2D eigenvalue weighted by Crippen LogP contribution is -2.32. The van der Waals surface area contributed by atoms with Crippen molar-refractivity contribution in [2.45, 2.75) is 13.5 Å². The summed E-state index contributed by atoms with van der Waals surface area (Å²) < 4.78 is 0.963. The Morgan fingerprint density at radius 1 is 1.16 bits per heavy atom. The van der Waals surface area contributed by atoms with Crippen LogP contribution < -0.4 is 10.2 Å². The highest BCUT2D eigenvalue weighted by atomic mass is 16.4. The van der Waals surface area contributed by atoms with E-state index in [1.165, 1.54) is 0 Å². The molecule has 0 aliphatic heterocycles. The molecular weight excluding hydrogens is 250 g/mol. The van der Waals surface area contributed by atoms with Gasteiger partial charge in [-0.05, 0) is 12.5 Å². The van der Waals surface area contributed by atoms with Crippen molar-refractivity contribution >= 4 is 11.9 Å². The molecule has 7 nitrogen and oxygen atoms in total. The van der Waals surface area contributed by atoms with Gasteiger partial charge in [0.2, 0.25) is 0 Å². The predicted molar refractivity (Wildman–Crippen MR) is 59.0 cm³/mol. The van der Waals surface area contributed by atoms with Crippen molar-refractivity contribution in [3.8, 4) is 0 Å². The number of carboxylic acids is 2. The summed E-state index contributed by atoms with van der Waals surface area (Å²) in [6, 6.07) is 7.28. The molecule has 0 bridgehead atoms. The van der Waals surface area contributed by atoms with Gasteiger partial charge in [0, 0.05) is 0 Å². The van der Waals surface area contributed by atoms with Crippen LogP contribution in [0.2, 0.25) is 0 Å². The van der Waals surface area contributed by atoms with Crippen molar-refractivity contribution in [3.63, 3.8) is 0 Å². The maximum Gasteiger partial charge on any atom is 0.137 e. The number of carbonyl (C=O) groups is 2. The number of aryl methyl sites for hydroxylation is 1. The van der Waals surface area contributed by atoms with Crippen molar-refractivity contribution < 1.29 is 19.8 Å². The number of hydrogen-bond acceptors (Lipinski definition) is 6. The van der Waals surface area contributed by atoms with Crippen LogP contribution in [0.3, 0.4) is 0 Å². The SMILES string of the molecule is Cc1ccc(Cn2nnc(C(=O)[O-])c2C(=O)[O-])cc1. The summed E-state index contributed by atoms with van der Waals surface area (Å²) in [6.07, 6.45) is 0. The number of aromatic nitrogens is 3. The largest absolute Gasteiger partial charge is 0.543 e. The van der Waals surface area contributed by atoms with Crippen molar-refractivity contribution in [1.82, 2.24) is 15.0 Å². The third-order valence-corrected chi connectivity index (χ3v) is 2.57. The lowest BCUT2D eigenvalue weighted by molar-refractivity contribution is -0.260. The van der Waals surface area contributed by atoms with E-state index in [0.29, 0.717) is 0 Å². The quantitative estimate of drug-likeness (QED) is 0.651. The van der Waals surface area contributed by atoms with E-state index in [1.807, 2.05) is 19.1 Å². The number of nitrogens with zero attached hydrogens (tertiary/aromatic N) is 3. The van der Waals surface area contributed by atoms with Gasteiger partial charge in [0.05, 0.1) is 18.5 Å². The second-order valence-corrected chi connectivity index (χ2v) is 4.00. The first-order chi connectivity index (χ1) is 8.99. The van der Waals surface area contributed by atoms with Crippen LogP contribution in [0.4, 0.5) is 0 Å². The Morgan fingerprint density at radius 2 is 1.79 bits per heavy atom. The molecule has 7 heteroatoms. The molecule has 98 valence electrons. The first kappa shape index (κ1) is 12.7. The van der Waals surface area contributed by atoms with Crippen molar-refractivity contribution in [1.29, 1.82) is 0 Å². The fourth-order valence-corrected chi connectivity index (χ4v) is 1.63. The summed E-state index contributed by atoms with van der Waals surface area (Å²) in [6.45, 7) is 2.00. The Kier molecular flexibility index (Phi) is 3.28. The predicted octanol–water partition coefficient (Wildman–Crippen LogP) is -1.64. The first-order valence-corrected chi connectivity index (χ1v) is 5.40. The van der Waals surface area contributed by atoms with Gasteiger partial charge in [-0.2, -0.15) is 0 Å². The van der Waals surface area contributed by atoms with E-state index in [9.17, 15) is 19.8 Å². The van der Waals surface area contributed by atoms with Gasteiger partial charge in [0.15, 0.2) is 0 Å². The van der Waals surface area contributed by atoms with Gasteiger partial charge < -0.3 is 19.8 Å². The monoisotopic (exact) mass is 259 g/mol. The number of benzene rings is 1. The molecule has 0 spiro atoms. The molecule has 0 N–H and O–H groups in total. The minimum absolute atomic E-state index is 0.0872. The molecule has 1 aromatic carbocycles. The molecule has 1 aromatic heterocycles. The normalized spacial score (nSPS) is 10.4. The second-order valence-electron chi connectivity index (χ2n) is 4.00. The van der Waals surface area contributed by atoms with E-state index < -0.39 is 23.3 Å². The van der Waals surface area contributed by atoms with E-state index in [4.69, 9.17) is 0 Å². The summed E-state index contributed by atoms with van der Waals surface area (Å²) in [4.78, 5) is 21.7. The lowest BCUT2D eigenvalue weighted by Gasteiger charge is -2.09. The Balaban J connectivity index is 2.37. The third kappa shape index (κ3) is 2.59. The Bertz CT molecular complexity index is 631. The van der Waals surface area contributed by atoms with Gasteiger partial charge in [0.1, 0.15) is 11.4 Å². The second kappa shape index (κ2) is 4.89. The molecule has 0 unspecified atom stereocenters. The minimum Gasteiger partial charge on any atom is -0.543 e. The minimum atomic E-state index is -1.70. The van der Waals surface area contributed by atoms with E-state index in [0.717, 1.165) is 15.8 Å². The van der Waals surface area contributed by atoms with Crippen LogP contribution in [-0.2, 0) is 6.54 Å². The molecule has 0 atom stereocenters. The maximum atomic E-state index is 10.9. The molecule has 0 fully saturated rings. The average molecular weight is 259 g/mol. The Morgan fingerprint density at radius 3 is 2.32 bits per heavy atom. The molecular formula is C12H9N3O4-2. The zero-order valence-electron chi connectivity index (χ0n) is 9.99. The topological polar surface area (TPSA) is 111 Å². The first-order valence-electron chi connectivity index (χ1n) is 5.40. The molecule has 0 saturated heterocycles. The van der Waals surface area contributed by atoms with E-state index >= 15 is 0 Å². The standard InChI is InChI=1S/C12H11N3O4/c1-7-2-4-8(5-3-7)6-15-10(12(18)19)9(11(16)17)13-14-15/h2-5H,6H2,1H3,(H,16,17)(H,18,19)/p-2. The fraction of sp³-hybridized carbons (Fsp3) is 0.167. The fourth-order valence-electron chi connectivity index (χ4n) is 1.63. The molecule has 0 aliphatic rings. The number of carboxylic acid groups (broad SMARTS) is 2. The molecule has 0 aliphatic carbocycles. The van der Waals surface area contributed by atoms with Gasteiger partial charge in [0.25, 0.3) is 0 Å². The number of aromatic carboxylic acids is 2. The summed E-state index contributed by atoms with van der Waals surface area (Å²) in [5, 5.41) is 28.5. The zero-order chi connectivity index (χ0) is 14.0. The smallest absolute Gasteiger partial charge is 0.137 e. The van der Waals surface area contributed by atoms with Gasteiger partial charge in [-0.25, -0.2) is 4.68 Å². The summed E-state index contributed by atoms with van der Waals surface area (Å²) in [5.74, 6) is -3.36. The summed E-state index contributed by atoms with van der Waals surface area (Å²) in [5.41, 5.74) is 0.494. The van der Waals surface area contributed by atoms with E-state index in [-0.39, 0.29) is 6.54 Å². The van der Waals surface area contributed by atoms with Gasteiger partial charge in [-0.15, -0.1) is 5.10 Å². The van der Waals surface area contributed by atoms with Crippen LogP contribution in [0, 0.1) is 6.92 Å². The molecule has 0 saturated carbocycles. The van der Waals surface area contributed by atoms with Crippen LogP contribution in [0.15, 0.2) is 24.3 Å². The number of rotatable bonds is 4. The van der Waals surface area contributed by atoms with Crippen molar-refractivity contribution in [2.75, 3.05) is 0 Å². The van der Waals surface area contributed by atoms with Crippen molar-refractivity contribution in [2.24, 2.45) is 0 Å². The average Bonchev–Trinajstić information content (AvgIpc) is 2.76. The summed E-state index contributed by atoms with van der Waals surface area (Å²) in [7, 11) is 0. The molecule has 2 rings (SSSR count). The van der Waals surface area contributed by atoms with Gasteiger partial charge >= 0.3 is 0 Å². The molecule has 1 heterocycles. The van der Waals surface area contributed by atoms with E-state index in [1.54, 1.807) is 12.1 Å². The number of carbonyl (C=O) groups excluding carboxylic acids is 2. The van der Waals surface area contributed by atoms with Gasteiger partial charge in [-0.3, -0.25) is 0 Å². The van der Waals surface area contributed by atoms with Gasteiger partial charge in [-0.1, -0.05) is 35.0 Å².